The Hall–Kier alpha value is -4.05. The van der Waals surface area contributed by atoms with E-state index < -0.39 is 0 Å². The van der Waals surface area contributed by atoms with Crippen LogP contribution in [-0.4, -0.2) is 64.4 Å². The van der Waals surface area contributed by atoms with Gasteiger partial charge in [-0.1, -0.05) is 0 Å². The number of aliphatic hydroxyl groups is 1. The summed E-state index contributed by atoms with van der Waals surface area (Å²) in [5.74, 6) is 2.31. The molecule has 0 saturated carbocycles. The molecular formula is C26H29N7O3. The molecule has 10 heteroatoms. The summed E-state index contributed by atoms with van der Waals surface area (Å²) in [6, 6.07) is 8.07. The number of ether oxygens (including phenoxy) is 2. The summed E-state index contributed by atoms with van der Waals surface area (Å²) in [5.41, 5.74) is 5.10. The first kappa shape index (κ1) is 22.4. The van der Waals surface area contributed by atoms with Gasteiger partial charge in [0.15, 0.2) is 11.5 Å². The van der Waals surface area contributed by atoms with Crippen LogP contribution in [0.1, 0.15) is 12.8 Å². The molecule has 186 valence electrons. The van der Waals surface area contributed by atoms with E-state index in [0.29, 0.717) is 24.2 Å². The number of aromatic nitrogens is 4. The minimum Gasteiger partial charge on any atom is -0.495 e. The Bertz CT molecular complexity index is 1390. The molecule has 4 aromatic rings. The number of nitrogens with one attached hydrogen (secondary N) is 2. The SMILES string of the molecule is COc1cc(Nc2nc(-c3cnc4c(c3)NCCO4)cn3ccnc23)ccc1N1CCC[C@H](CO)C1. The lowest BCUT2D eigenvalue weighted by Crippen LogP contribution is -2.36. The van der Waals surface area contributed by atoms with Gasteiger partial charge in [-0.2, -0.15) is 0 Å². The molecule has 3 aromatic heterocycles. The maximum absolute atomic E-state index is 9.63. The lowest BCUT2D eigenvalue weighted by Gasteiger charge is -2.34. The van der Waals surface area contributed by atoms with Crippen LogP contribution >= 0.6 is 0 Å². The molecule has 1 fully saturated rings. The Morgan fingerprint density at radius 3 is 3.11 bits per heavy atom. The van der Waals surface area contributed by atoms with Gasteiger partial charge in [-0.25, -0.2) is 15.0 Å². The van der Waals surface area contributed by atoms with Crippen molar-refractivity contribution < 1.29 is 14.6 Å². The third-order valence-corrected chi connectivity index (χ3v) is 6.74. The number of pyridine rings is 1. The van der Waals surface area contributed by atoms with Crippen molar-refractivity contribution in [3.8, 4) is 22.9 Å². The molecule has 6 rings (SSSR count). The van der Waals surface area contributed by atoms with E-state index in [1.807, 2.05) is 35.0 Å². The van der Waals surface area contributed by atoms with Crippen LogP contribution in [0.4, 0.5) is 22.9 Å². The Balaban J connectivity index is 1.32. The van der Waals surface area contributed by atoms with E-state index in [-0.39, 0.29) is 6.61 Å². The summed E-state index contributed by atoms with van der Waals surface area (Å²) in [5, 5.41) is 16.4. The second kappa shape index (κ2) is 9.54. The fourth-order valence-electron chi connectivity index (χ4n) is 4.91. The summed E-state index contributed by atoms with van der Waals surface area (Å²) >= 11 is 0. The van der Waals surface area contributed by atoms with Crippen LogP contribution < -0.4 is 25.0 Å². The Morgan fingerprint density at radius 2 is 2.22 bits per heavy atom. The summed E-state index contributed by atoms with van der Waals surface area (Å²) in [7, 11) is 1.68. The summed E-state index contributed by atoms with van der Waals surface area (Å²) in [6.45, 7) is 3.34. The number of rotatable bonds is 6. The Labute approximate surface area is 208 Å². The van der Waals surface area contributed by atoms with Gasteiger partial charge in [0.1, 0.15) is 12.4 Å². The van der Waals surface area contributed by atoms with E-state index in [4.69, 9.17) is 14.5 Å². The van der Waals surface area contributed by atoms with E-state index in [0.717, 1.165) is 72.2 Å². The van der Waals surface area contributed by atoms with Crippen molar-refractivity contribution in [2.24, 2.45) is 5.92 Å². The summed E-state index contributed by atoms with van der Waals surface area (Å²) < 4.78 is 13.3. The van der Waals surface area contributed by atoms with E-state index in [1.165, 1.54) is 0 Å². The largest absolute Gasteiger partial charge is 0.495 e. The quantitative estimate of drug-likeness (QED) is 0.376. The molecule has 3 N–H and O–H groups in total. The highest BCUT2D eigenvalue weighted by atomic mass is 16.5. The molecule has 10 nitrogen and oxygen atoms in total. The van der Waals surface area contributed by atoms with Crippen molar-refractivity contribution in [1.82, 2.24) is 19.4 Å². The molecular weight excluding hydrogens is 458 g/mol. The van der Waals surface area contributed by atoms with Crippen LogP contribution in [0.5, 0.6) is 11.6 Å². The second-order valence-corrected chi connectivity index (χ2v) is 9.13. The molecule has 0 unspecified atom stereocenters. The number of piperidine rings is 1. The number of methoxy groups -OCH3 is 1. The van der Waals surface area contributed by atoms with Crippen LogP contribution in [0.3, 0.4) is 0 Å². The van der Waals surface area contributed by atoms with Crippen LogP contribution in [0.15, 0.2) is 49.1 Å². The molecule has 1 atom stereocenters. The smallest absolute Gasteiger partial charge is 0.237 e. The van der Waals surface area contributed by atoms with Crippen molar-refractivity contribution in [3.05, 3.63) is 49.1 Å². The maximum atomic E-state index is 9.63. The first-order chi connectivity index (χ1) is 17.7. The molecule has 36 heavy (non-hydrogen) atoms. The first-order valence-corrected chi connectivity index (χ1v) is 12.2. The molecule has 0 bridgehead atoms. The van der Waals surface area contributed by atoms with Crippen molar-refractivity contribution in [1.29, 1.82) is 0 Å². The second-order valence-electron chi connectivity index (χ2n) is 9.13. The van der Waals surface area contributed by atoms with Gasteiger partial charge in [0.2, 0.25) is 5.88 Å². The Kier molecular flexibility index (Phi) is 5.94. The lowest BCUT2D eigenvalue weighted by atomic mass is 9.98. The number of aliphatic hydroxyl groups excluding tert-OH is 1. The van der Waals surface area contributed by atoms with E-state index in [1.54, 1.807) is 19.5 Å². The van der Waals surface area contributed by atoms with Gasteiger partial charge in [-0.05, 0) is 37.0 Å². The number of benzene rings is 1. The molecule has 1 saturated heterocycles. The van der Waals surface area contributed by atoms with Crippen molar-refractivity contribution in [3.63, 3.8) is 0 Å². The molecule has 5 heterocycles. The number of anilines is 4. The van der Waals surface area contributed by atoms with Crippen LogP contribution in [-0.2, 0) is 0 Å². The van der Waals surface area contributed by atoms with Crippen LogP contribution in [0.25, 0.3) is 16.9 Å². The normalized spacial score (nSPS) is 17.3. The molecule has 0 aliphatic carbocycles. The monoisotopic (exact) mass is 487 g/mol. The highest BCUT2D eigenvalue weighted by Gasteiger charge is 2.22. The van der Waals surface area contributed by atoms with Gasteiger partial charge in [0.05, 0.1) is 24.2 Å². The van der Waals surface area contributed by atoms with E-state index in [9.17, 15) is 5.11 Å². The highest BCUT2D eigenvalue weighted by molar-refractivity contribution is 5.77. The predicted molar refractivity (Wildman–Crippen MR) is 139 cm³/mol. The van der Waals surface area contributed by atoms with Crippen LogP contribution in [0.2, 0.25) is 0 Å². The minimum atomic E-state index is 0.212. The first-order valence-electron chi connectivity index (χ1n) is 12.2. The van der Waals surface area contributed by atoms with Crippen molar-refractivity contribution in [2.45, 2.75) is 12.8 Å². The molecule has 2 aliphatic heterocycles. The number of hydrogen-bond acceptors (Lipinski definition) is 9. The van der Waals surface area contributed by atoms with Gasteiger partial charge in [-0.3, -0.25) is 0 Å². The predicted octanol–water partition coefficient (Wildman–Crippen LogP) is 3.56. The fraction of sp³-hybridized carbons (Fsp3) is 0.346. The maximum Gasteiger partial charge on any atom is 0.237 e. The summed E-state index contributed by atoms with van der Waals surface area (Å²) in [6.07, 6.45) is 9.48. The Morgan fingerprint density at radius 1 is 1.28 bits per heavy atom. The third-order valence-electron chi connectivity index (χ3n) is 6.74. The average Bonchev–Trinajstić information content (AvgIpc) is 3.42. The van der Waals surface area contributed by atoms with Gasteiger partial charge >= 0.3 is 0 Å². The standard InChI is InChI=1S/C26H29N7O3/c1-35-23-12-19(4-5-22(23)32-8-2-3-17(14-32)16-34)30-24-25-28-6-9-33(25)15-21(31-24)18-11-20-26(29-13-18)36-10-7-27-20/h4-6,9,11-13,15,17,27,34H,2-3,7-8,10,14,16H2,1H3,(H,30,31)/t17-/m0/s1. The van der Waals surface area contributed by atoms with Gasteiger partial charge < -0.3 is 34.5 Å². The topological polar surface area (TPSA) is 109 Å². The zero-order valence-corrected chi connectivity index (χ0v) is 20.1. The van der Waals surface area contributed by atoms with Crippen molar-refractivity contribution in [2.75, 3.05) is 55.5 Å². The van der Waals surface area contributed by atoms with E-state index >= 15 is 0 Å². The molecule has 2 aliphatic rings. The molecule has 0 radical (unpaired) electrons. The van der Waals surface area contributed by atoms with Crippen LogP contribution in [0, 0.1) is 5.92 Å². The van der Waals surface area contributed by atoms with Gasteiger partial charge in [-0.15, -0.1) is 0 Å². The van der Waals surface area contributed by atoms with E-state index in [2.05, 4.69) is 31.6 Å². The fourth-order valence-corrected chi connectivity index (χ4v) is 4.91. The van der Waals surface area contributed by atoms with Crippen molar-refractivity contribution >= 4 is 28.5 Å². The zero-order chi connectivity index (χ0) is 24.5. The van der Waals surface area contributed by atoms with Gasteiger partial charge in [0.25, 0.3) is 0 Å². The van der Waals surface area contributed by atoms with Gasteiger partial charge in [0, 0.05) is 68.3 Å². The lowest BCUT2D eigenvalue weighted by molar-refractivity contribution is 0.208. The molecule has 0 spiro atoms. The zero-order valence-electron chi connectivity index (χ0n) is 20.1. The summed E-state index contributed by atoms with van der Waals surface area (Å²) in [4.78, 5) is 16.1. The molecule has 0 amide bonds. The highest BCUT2D eigenvalue weighted by Crippen LogP contribution is 2.36. The number of fused-ring (bicyclic) bond motifs is 2. The number of nitrogens with zero attached hydrogens (tertiary/aromatic N) is 5. The minimum absolute atomic E-state index is 0.212. The molecule has 1 aromatic carbocycles. The average molecular weight is 488 g/mol. The number of imidazole rings is 1. The number of hydrogen-bond donors (Lipinski definition) is 3. The third kappa shape index (κ3) is 4.24.